The van der Waals surface area contributed by atoms with E-state index in [9.17, 15) is 4.79 Å². The first kappa shape index (κ1) is 15.9. The van der Waals surface area contributed by atoms with Crippen molar-refractivity contribution in [2.45, 2.75) is 26.7 Å². The van der Waals surface area contributed by atoms with Gasteiger partial charge in [-0.05, 0) is 25.5 Å². The van der Waals surface area contributed by atoms with E-state index in [2.05, 4.69) is 21.2 Å². The van der Waals surface area contributed by atoms with Crippen molar-refractivity contribution in [2.75, 3.05) is 31.1 Å². The maximum atomic E-state index is 12.7. The molecule has 0 radical (unpaired) electrons. The van der Waals surface area contributed by atoms with E-state index in [-0.39, 0.29) is 5.91 Å². The van der Waals surface area contributed by atoms with Crippen LogP contribution in [0.5, 0.6) is 0 Å². The summed E-state index contributed by atoms with van der Waals surface area (Å²) in [7, 11) is 0. The molecule has 5 nitrogen and oxygen atoms in total. The minimum atomic E-state index is 0.127. The Bertz CT molecular complexity index is 685. The lowest BCUT2D eigenvalue weighted by Gasteiger charge is -2.21. The van der Waals surface area contributed by atoms with Crippen molar-refractivity contribution in [1.29, 1.82) is 0 Å². The molecule has 6 heteroatoms. The molecule has 23 heavy (non-hydrogen) atoms. The molecular formula is C17H22N4OS. The molecule has 0 N–H and O–H groups in total. The van der Waals surface area contributed by atoms with Gasteiger partial charge in [0.05, 0.1) is 0 Å². The number of nitrogens with zero attached hydrogens (tertiary/aromatic N) is 4. The van der Waals surface area contributed by atoms with E-state index in [0.29, 0.717) is 0 Å². The highest BCUT2D eigenvalue weighted by Crippen LogP contribution is 2.20. The van der Waals surface area contributed by atoms with Gasteiger partial charge in [0.2, 0.25) is 5.13 Å². The molecule has 3 rings (SSSR count). The van der Waals surface area contributed by atoms with Crippen molar-refractivity contribution in [3.8, 4) is 0 Å². The van der Waals surface area contributed by atoms with Gasteiger partial charge < -0.3 is 9.80 Å². The topological polar surface area (TPSA) is 49.3 Å². The Balaban J connectivity index is 1.67. The highest BCUT2D eigenvalue weighted by molar-refractivity contribution is 7.09. The molecule has 1 saturated heterocycles. The fraction of sp³-hybridized carbons (Fsp3) is 0.471. The number of carbonyl (C=O) groups is 1. The summed E-state index contributed by atoms with van der Waals surface area (Å²) in [5.74, 6) is 1.03. The lowest BCUT2D eigenvalue weighted by Crippen LogP contribution is -2.35. The zero-order valence-corrected chi connectivity index (χ0v) is 14.5. The summed E-state index contributed by atoms with van der Waals surface area (Å²) in [6.45, 7) is 7.35. The third kappa shape index (κ3) is 3.69. The van der Waals surface area contributed by atoms with Gasteiger partial charge in [0.25, 0.3) is 5.91 Å². The lowest BCUT2D eigenvalue weighted by molar-refractivity contribution is 0.0767. The molecule has 0 aliphatic carbocycles. The Morgan fingerprint density at radius 3 is 2.87 bits per heavy atom. The predicted molar refractivity (Wildman–Crippen MR) is 93.2 cm³/mol. The normalized spacial score (nSPS) is 15.6. The van der Waals surface area contributed by atoms with E-state index in [1.807, 2.05) is 36.1 Å². The third-order valence-corrected chi connectivity index (χ3v) is 4.91. The van der Waals surface area contributed by atoms with E-state index in [1.54, 1.807) is 0 Å². The minimum Gasteiger partial charge on any atom is -0.345 e. The molecule has 1 amide bonds. The first-order valence-corrected chi connectivity index (χ1v) is 8.88. The Hall–Kier alpha value is -1.95. The van der Waals surface area contributed by atoms with Gasteiger partial charge in [0.15, 0.2) is 0 Å². The van der Waals surface area contributed by atoms with Gasteiger partial charge in [-0.25, -0.2) is 4.98 Å². The fourth-order valence-corrected chi connectivity index (χ4v) is 3.59. The molecule has 0 atom stereocenters. The molecule has 0 saturated carbocycles. The van der Waals surface area contributed by atoms with Crippen LogP contribution in [0, 0.1) is 6.92 Å². The van der Waals surface area contributed by atoms with Crippen LogP contribution in [0.2, 0.25) is 0 Å². The maximum Gasteiger partial charge on any atom is 0.253 e. The van der Waals surface area contributed by atoms with Gasteiger partial charge in [0, 0.05) is 49.7 Å². The third-order valence-electron chi connectivity index (χ3n) is 4.09. The Labute approximate surface area is 141 Å². The van der Waals surface area contributed by atoms with Gasteiger partial charge in [-0.3, -0.25) is 4.79 Å². The molecule has 122 valence electrons. The smallest absolute Gasteiger partial charge is 0.253 e. The van der Waals surface area contributed by atoms with E-state index in [1.165, 1.54) is 11.5 Å². The summed E-state index contributed by atoms with van der Waals surface area (Å²) in [6, 6.07) is 7.82. The van der Waals surface area contributed by atoms with Crippen LogP contribution in [-0.4, -0.2) is 46.3 Å². The van der Waals surface area contributed by atoms with E-state index >= 15 is 0 Å². The van der Waals surface area contributed by atoms with Crippen LogP contribution in [0.4, 0.5) is 5.13 Å². The van der Waals surface area contributed by atoms with Crippen molar-refractivity contribution < 1.29 is 4.79 Å². The van der Waals surface area contributed by atoms with Crippen LogP contribution in [0.15, 0.2) is 24.3 Å². The summed E-state index contributed by atoms with van der Waals surface area (Å²) >= 11 is 1.46. The number of benzene rings is 1. The average molecular weight is 330 g/mol. The molecule has 0 bridgehead atoms. The van der Waals surface area contributed by atoms with Crippen LogP contribution in [0.1, 0.15) is 35.1 Å². The second-order valence-electron chi connectivity index (χ2n) is 5.85. The Morgan fingerprint density at radius 2 is 2.13 bits per heavy atom. The van der Waals surface area contributed by atoms with Crippen molar-refractivity contribution in [1.82, 2.24) is 14.3 Å². The summed E-state index contributed by atoms with van der Waals surface area (Å²) in [4.78, 5) is 21.4. The molecule has 1 fully saturated rings. The van der Waals surface area contributed by atoms with Crippen LogP contribution in [0.25, 0.3) is 0 Å². The van der Waals surface area contributed by atoms with Gasteiger partial charge in [-0.1, -0.05) is 24.6 Å². The Morgan fingerprint density at radius 1 is 1.26 bits per heavy atom. The fourth-order valence-electron chi connectivity index (χ4n) is 2.79. The quantitative estimate of drug-likeness (QED) is 0.868. The highest BCUT2D eigenvalue weighted by Gasteiger charge is 2.22. The minimum absolute atomic E-state index is 0.127. The molecule has 1 aromatic heterocycles. The number of hydrogen-bond acceptors (Lipinski definition) is 5. The van der Waals surface area contributed by atoms with Crippen molar-refractivity contribution in [3.05, 3.63) is 41.2 Å². The van der Waals surface area contributed by atoms with Gasteiger partial charge in [-0.15, -0.1) is 0 Å². The zero-order chi connectivity index (χ0) is 16.2. The number of aryl methyl sites for hydroxylation is 2. The van der Waals surface area contributed by atoms with Gasteiger partial charge >= 0.3 is 0 Å². The highest BCUT2D eigenvalue weighted by atomic mass is 32.1. The number of amides is 1. The monoisotopic (exact) mass is 330 g/mol. The molecule has 2 aromatic rings. The van der Waals surface area contributed by atoms with Crippen LogP contribution < -0.4 is 4.90 Å². The second kappa shape index (κ2) is 7.08. The molecule has 2 heterocycles. The second-order valence-corrected chi connectivity index (χ2v) is 6.58. The van der Waals surface area contributed by atoms with E-state index in [4.69, 9.17) is 0 Å². The van der Waals surface area contributed by atoms with Crippen molar-refractivity contribution in [3.63, 3.8) is 0 Å². The summed E-state index contributed by atoms with van der Waals surface area (Å²) in [6.07, 6.45) is 1.82. The first-order chi connectivity index (χ1) is 11.2. The molecule has 1 aromatic carbocycles. The largest absolute Gasteiger partial charge is 0.345 e. The summed E-state index contributed by atoms with van der Waals surface area (Å²) < 4.78 is 4.36. The van der Waals surface area contributed by atoms with Gasteiger partial charge in [-0.2, -0.15) is 4.37 Å². The van der Waals surface area contributed by atoms with Crippen LogP contribution >= 0.6 is 11.5 Å². The SMILES string of the molecule is CCc1nsc(N2CCCN(C(=O)c3cccc(C)c3)CC2)n1. The van der Waals surface area contributed by atoms with E-state index in [0.717, 1.165) is 61.1 Å². The first-order valence-electron chi connectivity index (χ1n) is 8.11. The number of carbonyl (C=O) groups excluding carboxylic acids is 1. The van der Waals surface area contributed by atoms with Crippen LogP contribution in [0.3, 0.4) is 0 Å². The maximum absolute atomic E-state index is 12.7. The summed E-state index contributed by atoms with van der Waals surface area (Å²) in [5, 5.41) is 0.978. The average Bonchev–Trinajstić information content (AvgIpc) is 2.91. The zero-order valence-electron chi connectivity index (χ0n) is 13.7. The molecule has 1 aliphatic heterocycles. The van der Waals surface area contributed by atoms with E-state index < -0.39 is 0 Å². The van der Waals surface area contributed by atoms with Crippen molar-refractivity contribution in [2.24, 2.45) is 0 Å². The summed E-state index contributed by atoms with van der Waals surface area (Å²) in [5.41, 5.74) is 1.90. The molecule has 0 unspecified atom stereocenters. The number of rotatable bonds is 3. The van der Waals surface area contributed by atoms with Crippen molar-refractivity contribution >= 4 is 22.6 Å². The number of hydrogen-bond donors (Lipinski definition) is 0. The molecule has 1 aliphatic rings. The lowest BCUT2D eigenvalue weighted by atomic mass is 10.1. The Kier molecular flexibility index (Phi) is 4.91. The molecule has 0 spiro atoms. The number of anilines is 1. The standard InChI is InChI=1S/C17H22N4OS/c1-3-15-18-17(23-19-15)21-9-5-8-20(10-11-21)16(22)14-7-4-6-13(2)12-14/h4,6-7,12H,3,5,8-11H2,1-2H3. The predicted octanol–water partition coefficient (Wildman–Crippen LogP) is 2.76. The number of aromatic nitrogens is 2. The van der Waals surface area contributed by atoms with Crippen LogP contribution in [-0.2, 0) is 6.42 Å². The molecular weight excluding hydrogens is 308 g/mol. The van der Waals surface area contributed by atoms with Gasteiger partial charge in [0.1, 0.15) is 5.82 Å².